The first-order chi connectivity index (χ1) is 7.63. The molecule has 0 bridgehead atoms. The Hall–Kier alpha value is -1.28. The molecule has 2 nitrogen and oxygen atoms in total. The Morgan fingerprint density at radius 3 is 2.62 bits per heavy atom. The van der Waals surface area contributed by atoms with Crippen LogP contribution in [0.5, 0.6) is 0 Å². The van der Waals surface area contributed by atoms with Crippen LogP contribution in [0.3, 0.4) is 0 Å². The van der Waals surface area contributed by atoms with Crippen LogP contribution in [0.2, 0.25) is 0 Å². The molecule has 0 aliphatic heterocycles. The maximum Gasteiger partial charge on any atom is 0.332 e. The number of carbonyl (C=O) groups is 1. The normalized spacial score (nSPS) is 13.3. The van der Waals surface area contributed by atoms with Crippen molar-refractivity contribution >= 4 is 22.6 Å². The summed E-state index contributed by atoms with van der Waals surface area (Å²) in [6.07, 6.45) is 2.02. The molecule has 3 heteroatoms. The Labute approximate surface area is 101 Å². The number of hydrogen-bond donors (Lipinski definition) is 0. The molecule has 0 aliphatic carbocycles. The van der Waals surface area contributed by atoms with Crippen molar-refractivity contribution < 1.29 is 9.53 Å². The topological polar surface area (TPSA) is 26.3 Å². The van der Waals surface area contributed by atoms with Gasteiger partial charge in [-0.15, -0.1) is 0 Å². The number of ether oxygens (including phenoxy) is 1. The predicted octanol–water partition coefficient (Wildman–Crippen LogP) is 3.61. The summed E-state index contributed by atoms with van der Waals surface area (Å²) in [5.74, 6) is -0.400. The molecule has 1 unspecified atom stereocenters. The first-order valence-electron chi connectivity index (χ1n) is 5.26. The summed E-state index contributed by atoms with van der Waals surface area (Å²) in [5.41, 5.74) is 0.810. The van der Waals surface area contributed by atoms with Crippen LogP contribution in [0.1, 0.15) is 25.8 Å². The van der Waals surface area contributed by atoms with Gasteiger partial charge in [-0.1, -0.05) is 48.9 Å². The molecule has 0 aliphatic rings. The molecule has 0 aromatic heterocycles. The summed E-state index contributed by atoms with van der Waals surface area (Å²) in [5, 5.41) is 0.397. The highest BCUT2D eigenvalue weighted by atomic mass is 35.5. The molecular weight excluding hydrogens is 224 g/mol. The van der Waals surface area contributed by atoms with E-state index in [0.29, 0.717) is 5.03 Å². The third-order valence-electron chi connectivity index (χ3n) is 2.19. The summed E-state index contributed by atoms with van der Waals surface area (Å²) in [6, 6.07) is 9.31. The summed E-state index contributed by atoms with van der Waals surface area (Å²) < 4.78 is 5.09. The number of rotatable bonds is 4. The lowest BCUT2D eigenvalue weighted by molar-refractivity contribution is -0.142. The van der Waals surface area contributed by atoms with Crippen molar-refractivity contribution in [3.8, 4) is 0 Å². The third-order valence-corrected chi connectivity index (χ3v) is 2.51. The van der Waals surface area contributed by atoms with Crippen molar-refractivity contribution in [1.82, 2.24) is 0 Å². The molecule has 1 aromatic rings. The van der Waals surface area contributed by atoms with Crippen molar-refractivity contribution in [2.24, 2.45) is 0 Å². The van der Waals surface area contributed by atoms with Gasteiger partial charge in [0.25, 0.3) is 0 Å². The van der Waals surface area contributed by atoms with Gasteiger partial charge in [-0.05, 0) is 18.9 Å². The molecule has 0 radical (unpaired) electrons. The van der Waals surface area contributed by atoms with E-state index in [-0.39, 0.29) is 6.10 Å². The van der Waals surface area contributed by atoms with Crippen molar-refractivity contribution in [2.75, 3.05) is 0 Å². The second-order valence-corrected chi connectivity index (χ2v) is 3.92. The van der Waals surface area contributed by atoms with Gasteiger partial charge in [0.05, 0.1) is 11.1 Å². The van der Waals surface area contributed by atoms with Crippen LogP contribution in [-0.4, -0.2) is 12.1 Å². The Morgan fingerprint density at radius 1 is 1.44 bits per heavy atom. The first-order valence-corrected chi connectivity index (χ1v) is 5.64. The van der Waals surface area contributed by atoms with Gasteiger partial charge in [0.1, 0.15) is 0 Å². The second-order valence-electron chi connectivity index (χ2n) is 3.51. The van der Waals surface area contributed by atoms with Gasteiger partial charge in [-0.25, -0.2) is 4.79 Å². The highest BCUT2D eigenvalue weighted by Crippen LogP contribution is 2.18. The fourth-order valence-electron chi connectivity index (χ4n) is 1.10. The summed E-state index contributed by atoms with van der Waals surface area (Å²) in [6.45, 7) is 3.81. The van der Waals surface area contributed by atoms with E-state index in [4.69, 9.17) is 16.3 Å². The van der Waals surface area contributed by atoms with Gasteiger partial charge in [0, 0.05) is 6.08 Å². The third kappa shape index (κ3) is 4.07. The average Bonchev–Trinajstić information content (AvgIpc) is 2.29. The molecule has 16 heavy (non-hydrogen) atoms. The molecule has 1 rings (SSSR count). The van der Waals surface area contributed by atoms with Crippen molar-refractivity contribution in [3.63, 3.8) is 0 Å². The summed E-state index contributed by atoms with van der Waals surface area (Å²) in [7, 11) is 0. The largest absolute Gasteiger partial charge is 0.459 e. The minimum absolute atomic E-state index is 0.0796. The smallest absolute Gasteiger partial charge is 0.332 e. The Morgan fingerprint density at radius 2 is 2.06 bits per heavy atom. The van der Waals surface area contributed by atoms with E-state index in [1.54, 1.807) is 0 Å². The van der Waals surface area contributed by atoms with E-state index in [1.165, 1.54) is 6.08 Å². The molecule has 0 saturated heterocycles. The zero-order valence-corrected chi connectivity index (χ0v) is 10.2. The quantitative estimate of drug-likeness (QED) is 0.592. The minimum atomic E-state index is -0.400. The maximum absolute atomic E-state index is 11.4. The predicted molar refractivity (Wildman–Crippen MR) is 66.1 cm³/mol. The molecule has 0 N–H and O–H groups in total. The molecular formula is C13H15ClO2. The molecule has 0 amide bonds. The monoisotopic (exact) mass is 238 g/mol. The van der Waals surface area contributed by atoms with Crippen molar-refractivity contribution in [2.45, 2.75) is 26.4 Å². The van der Waals surface area contributed by atoms with Gasteiger partial charge < -0.3 is 4.74 Å². The van der Waals surface area contributed by atoms with Crippen LogP contribution < -0.4 is 0 Å². The van der Waals surface area contributed by atoms with Crippen LogP contribution in [0.4, 0.5) is 0 Å². The molecule has 0 fully saturated rings. The lowest BCUT2D eigenvalue weighted by Gasteiger charge is -2.08. The van der Waals surface area contributed by atoms with Crippen molar-refractivity contribution in [3.05, 3.63) is 42.0 Å². The van der Waals surface area contributed by atoms with Gasteiger partial charge in [-0.2, -0.15) is 0 Å². The van der Waals surface area contributed by atoms with Gasteiger partial charge >= 0.3 is 5.97 Å². The SMILES string of the molecule is CCC(C)OC(=O)/C=C(\Cl)c1ccccc1. The molecule has 86 valence electrons. The molecule has 0 heterocycles. The molecule has 0 spiro atoms. The van der Waals surface area contributed by atoms with Crippen LogP contribution in [0, 0.1) is 0 Å². The maximum atomic E-state index is 11.4. The molecule has 0 saturated carbocycles. The van der Waals surface area contributed by atoms with E-state index in [9.17, 15) is 4.79 Å². The molecule has 1 aromatic carbocycles. The van der Waals surface area contributed by atoms with E-state index in [0.717, 1.165) is 12.0 Å². The van der Waals surface area contributed by atoms with Gasteiger partial charge in [0.15, 0.2) is 0 Å². The van der Waals surface area contributed by atoms with E-state index < -0.39 is 5.97 Å². The average molecular weight is 239 g/mol. The highest BCUT2D eigenvalue weighted by molar-refractivity contribution is 6.50. The molecule has 1 atom stereocenters. The van der Waals surface area contributed by atoms with Crippen LogP contribution in [0.15, 0.2) is 36.4 Å². The van der Waals surface area contributed by atoms with E-state index in [1.807, 2.05) is 44.2 Å². The Balaban J connectivity index is 2.67. The first kappa shape index (κ1) is 12.8. The highest BCUT2D eigenvalue weighted by Gasteiger charge is 2.06. The van der Waals surface area contributed by atoms with Crippen LogP contribution in [-0.2, 0) is 9.53 Å². The lowest BCUT2D eigenvalue weighted by atomic mass is 10.2. The fourth-order valence-corrected chi connectivity index (χ4v) is 1.31. The summed E-state index contributed by atoms with van der Waals surface area (Å²) >= 11 is 5.99. The zero-order chi connectivity index (χ0) is 12.0. The Bertz CT molecular complexity index is 371. The van der Waals surface area contributed by atoms with Gasteiger partial charge in [0.2, 0.25) is 0 Å². The number of benzene rings is 1. The zero-order valence-electron chi connectivity index (χ0n) is 9.44. The standard InChI is InChI=1S/C13H15ClO2/c1-3-10(2)16-13(15)9-12(14)11-7-5-4-6-8-11/h4-10H,3H2,1-2H3/b12-9-. The lowest BCUT2D eigenvalue weighted by Crippen LogP contribution is -2.11. The number of esters is 1. The van der Waals surface area contributed by atoms with Gasteiger partial charge in [-0.3, -0.25) is 0 Å². The summed E-state index contributed by atoms with van der Waals surface area (Å²) in [4.78, 5) is 11.4. The van der Waals surface area contributed by atoms with Crippen LogP contribution in [0.25, 0.3) is 5.03 Å². The van der Waals surface area contributed by atoms with E-state index >= 15 is 0 Å². The number of carbonyl (C=O) groups excluding carboxylic acids is 1. The number of hydrogen-bond acceptors (Lipinski definition) is 2. The second kappa shape index (κ2) is 6.33. The Kier molecular flexibility index (Phi) is 5.06. The van der Waals surface area contributed by atoms with Crippen LogP contribution >= 0.6 is 11.6 Å². The van der Waals surface area contributed by atoms with E-state index in [2.05, 4.69) is 0 Å². The van der Waals surface area contributed by atoms with Crippen molar-refractivity contribution in [1.29, 1.82) is 0 Å². The fraction of sp³-hybridized carbons (Fsp3) is 0.308. The number of halogens is 1. The minimum Gasteiger partial charge on any atom is -0.459 e.